The van der Waals surface area contributed by atoms with E-state index in [0.29, 0.717) is 0 Å². The van der Waals surface area contributed by atoms with Crippen LogP contribution in [0.15, 0.2) is 67.0 Å². The van der Waals surface area contributed by atoms with Gasteiger partial charge in [0.25, 0.3) is 0 Å². The number of hydrogen-bond acceptors (Lipinski definition) is 8. The van der Waals surface area contributed by atoms with Crippen molar-refractivity contribution in [1.29, 1.82) is 0 Å². The van der Waals surface area contributed by atoms with Crippen LogP contribution in [0.25, 0.3) is 33.1 Å². The average Bonchev–Trinajstić information content (AvgIpc) is 2.77. The number of aryl methyl sites for hydroxylation is 2. The molecule has 0 amide bonds. The van der Waals surface area contributed by atoms with E-state index in [0.717, 1.165) is 23.3 Å². The summed E-state index contributed by atoms with van der Waals surface area (Å²) >= 11 is 0. The summed E-state index contributed by atoms with van der Waals surface area (Å²) in [6, 6.07) is 9.41. The van der Waals surface area contributed by atoms with Crippen LogP contribution in [0.5, 0.6) is 11.5 Å². The Morgan fingerprint density at radius 1 is 0.618 bits per heavy atom. The molecular formula is C26H16O8. The minimum atomic E-state index is -1.08. The zero-order valence-electron chi connectivity index (χ0n) is 18.0. The van der Waals surface area contributed by atoms with Crippen LogP contribution in [0.4, 0.5) is 0 Å². The molecule has 2 aromatic carbocycles. The van der Waals surface area contributed by atoms with Gasteiger partial charge in [0, 0.05) is 0 Å². The average molecular weight is 456 g/mol. The summed E-state index contributed by atoms with van der Waals surface area (Å²) < 4.78 is 10.6. The summed E-state index contributed by atoms with van der Waals surface area (Å²) in [4.78, 5) is 51.7. The van der Waals surface area contributed by atoms with E-state index < -0.39 is 56.6 Å². The van der Waals surface area contributed by atoms with Gasteiger partial charge in [-0.3, -0.25) is 9.59 Å². The van der Waals surface area contributed by atoms with Crippen LogP contribution in [0.3, 0.4) is 0 Å². The van der Waals surface area contributed by atoms with Crippen molar-refractivity contribution in [3.05, 3.63) is 91.6 Å². The molecule has 2 heterocycles. The molecular weight excluding hydrogens is 440 g/mol. The minimum Gasteiger partial charge on any atom is -0.506 e. The number of benzene rings is 2. The number of carbonyl (C=O) groups excluding carboxylic acids is 2. The molecule has 0 spiro atoms. The van der Waals surface area contributed by atoms with Crippen LogP contribution in [0, 0.1) is 13.8 Å². The third kappa shape index (κ3) is 3.07. The van der Waals surface area contributed by atoms with E-state index in [9.17, 15) is 29.4 Å². The third-order valence-electron chi connectivity index (χ3n) is 5.70. The summed E-state index contributed by atoms with van der Waals surface area (Å²) in [6.45, 7) is 3.53. The number of hydrogen-bond donors (Lipinski definition) is 2. The molecule has 8 nitrogen and oxygen atoms in total. The molecule has 1 aliphatic rings. The van der Waals surface area contributed by atoms with Crippen molar-refractivity contribution in [2.24, 2.45) is 0 Å². The molecule has 0 atom stereocenters. The second kappa shape index (κ2) is 7.41. The van der Waals surface area contributed by atoms with Crippen molar-refractivity contribution in [2.75, 3.05) is 0 Å². The number of ketones is 2. The molecule has 0 fully saturated rings. The molecule has 2 aromatic heterocycles. The molecule has 4 aromatic rings. The van der Waals surface area contributed by atoms with Gasteiger partial charge in [0.2, 0.25) is 0 Å². The molecule has 0 bridgehead atoms. The molecule has 0 aliphatic heterocycles. The fourth-order valence-electron chi connectivity index (χ4n) is 4.09. The van der Waals surface area contributed by atoms with Crippen LogP contribution in [-0.2, 0) is 9.59 Å². The lowest BCUT2D eigenvalue weighted by Crippen LogP contribution is -2.21. The maximum atomic E-state index is 12.9. The lowest BCUT2D eigenvalue weighted by Gasteiger charge is -2.17. The molecule has 0 saturated carbocycles. The summed E-state index contributed by atoms with van der Waals surface area (Å²) in [5.74, 6) is -2.83. The van der Waals surface area contributed by atoms with E-state index in [1.165, 1.54) is 24.3 Å². The van der Waals surface area contributed by atoms with Crippen LogP contribution >= 0.6 is 0 Å². The van der Waals surface area contributed by atoms with Gasteiger partial charge in [0.05, 0.1) is 21.9 Å². The van der Waals surface area contributed by atoms with Crippen molar-refractivity contribution in [3.8, 4) is 11.5 Å². The lowest BCUT2D eigenvalue weighted by atomic mass is 9.85. The van der Waals surface area contributed by atoms with Crippen molar-refractivity contribution in [2.45, 2.75) is 13.8 Å². The van der Waals surface area contributed by atoms with Crippen LogP contribution in [0.2, 0.25) is 0 Å². The monoisotopic (exact) mass is 456 g/mol. The quantitative estimate of drug-likeness (QED) is 0.345. The summed E-state index contributed by atoms with van der Waals surface area (Å²) in [7, 11) is 0. The van der Waals surface area contributed by atoms with Gasteiger partial charge in [-0.15, -0.1) is 0 Å². The first-order valence-corrected chi connectivity index (χ1v) is 10.2. The fraction of sp³-hybridized carbons (Fsp3) is 0.0769. The molecule has 8 heteroatoms. The second-order valence-corrected chi connectivity index (χ2v) is 8.04. The molecule has 0 radical (unpaired) electrons. The number of rotatable bonds is 2. The highest BCUT2D eigenvalue weighted by molar-refractivity contribution is 6.49. The summed E-state index contributed by atoms with van der Waals surface area (Å²) in [6.07, 6.45) is 1.84. The van der Waals surface area contributed by atoms with Gasteiger partial charge in [0.1, 0.15) is 33.8 Å². The van der Waals surface area contributed by atoms with Gasteiger partial charge in [-0.25, -0.2) is 9.59 Å². The molecule has 2 N–H and O–H groups in total. The van der Waals surface area contributed by atoms with Gasteiger partial charge in [0.15, 0.2) is 11.6 Å². The van der Waals surface area contributed by atoms with Crippen LogP contribution in [0.1, 0.15) is 22.3 Å². The van der Waals surface area contributed by atoms with Crippen LogP contribution < -0.4 is 11.3 Å². The predicted molar refractivity (Wildman–Crippen MR) is 124 cm³/mol. The smallest absolute Gasteiger partial charge is 0.348 e. The highest BCUT2D eigenvalue weighted by atomic mass is 16.4. The number of aromatic hydroxyl groups is 2. The van der Waals surface area contributed by atoms with E-state index in [1.807, 2.05) is 0 Å². The highest BCUT2D eigenvalue weighted by Crippen LogP contribution is 2.40. The number of carbonyl (C=O) groups is 2. The van der Waals surface area contributed by atoms with Crippen LogP contribution in [-0.4, -0.2) is 21.8 Å². The Balaban J connectivity index is 1.93. The Bertz CT molecular complexity index is 1630. The normalized spacial score (nSPS) is 13.9. The molecule has 168 valence electrons. The van der Waals surface area contributed by atoms with Gasteiger partial charge in [-0.05, 0) is 61.4 Å². The van der Waals surface area contributed by atoms with Gasteiger partial charge >= 0.3 is 11.3 Å². The SMILES string of the molecule is Cc1ccc2c(O)c(C3=C(c4c(O)c5ccc(C)cc5oc4=O)C(=O)C=CC3=O)c(=O)oc2c1. The first-order valence-electron chi connectivity index (χ1n) is 10.2. The zero-order valence-corrected chi connectivity index (χ0v) is 18.0. The predicted octanol–water partition coefficient (Wildman–Crippen LogP) is 3.55. The van der Waals surface area contributed by atoms with E-state index >= 15 is 0 Å². The maximum Gasteiger partial charge on any atom is 0.348 e. The second-order valence-electron chi connectivity index (χ2n) is 8.04. The Kier molecular flexibility index (Phi) is 4.61. The fourth-order valence-corrected chi connectivity index (χ4v) is 4.09. The van der Waals surface area contributed by atoms with Crippen molar-refractivity contribution >= 4 is 44.7 Å². The minimum absolute atomic E-state index is 0.0852. The van der Waals surface area contributed by atoms with Crippen molar-refractivity contribution < 1.29 is 28.6 Å². The Labute approximate surface area is 190 Å². The largest absolute Gasteiger partial charge is 0.506 e. The van der Waals surface area contributed by atoms with Gasteiger partial charge in [-0.2, -0.15) is 0 Å². The molecule has 34 heavy (non-hydrogen) atoms. The van der Waals surface area contributed by atoms with E-state index in [2.05, 4.69) is 0 Å². The first kappa shape index (κ1) is 21.1. The standard InChI is InChI=1S/C26H16O8/c1-11-3-5-13-17(9-11)33-25(31)21(23(13)29)19-15(27)7-8-16(28)20(19)22-24(30)14-6-4-12(2)10-18(14)34-26(22)32/h3-10,29-30H,1-2H3. The van der Waals surface area contributed by atoms with Gasteiger partial charge < -0.3 is 19.0 Å². The first-order chi connectivity index (χ1) is 16.2. The van der Waals surface area contributed by atoms with E-state index in [4.69, 9.17) is 8.83 Å². The third-order valence-corrected chi connectivity index (χ3v) is 5.70. The summed E-state index contributed by atoms with van der Waals surface area (Å²) in [5.41, 5.74) is -2.75. The molecule has 5 rings (SSSR count). The lowest BCUT2D eigenvalue weighted by molar-refractivity contribution is -0.112. The molecule has 1 aliphatic carbocycles. The van der Waals surface area contributed by atoms with Crippen molar-refractivity contribution in [3.63, 3.8) is 0 Å². The zero-order chi connectivity index (χ0) is 24.3. The Hall–Kier alpha value is -4.72. The van der Waals surface area contributed by atoms with E-state index in [1.54, 1.807) is 26.0 Å². The number of allylic oxidation sites excluding steroid dienone is 4. The number of fused-ring (bicyclic) bond motifs is 2. The molecule has 0 saturated heterocycles. The summed E-state index contributed by atoms with van der Waals surface area (Å²) in [5, 5.41) is 22.1. The van der Waals surface area contributed by atoms with E-state index in [-0.39, 0.29) is 21.9 Å². The van der Waals surface area contributed by atoms with Gasteiger partial charge in [-0.1, -0.05) is 12.1 Å². The van der Waals surface area contributed by atoms with Crippen molar-refractivity contribution in [1.82, 2.24) is 0 Å². The topological polar surface area (TPSA) is 135 Å². The Morgan fingerprint density at radius 2 is 1.00 bits per heavy atom. The molecule has 0 unspecified atom stereocenters. The highest BCUT2D eigenvalue weighted by Gasteiger charge is 2.34. The maximum absolute atomic E-state index is 12.9. The Morgan fingerprint density at radius 3 is 1.38 bits per heavy atom.